The van der Waals surface area contributed by atoms with E-state index in [0.29, 0.717) is 11.2 Å². The molecule has 0 bridgehead atoms. The summed E-state index contributed by atoms with van der Waals surface area (Å²) in [5.41, 5.74) is 6.54. The van der Waals surface area contributed by atoms with Crippen LogP contribution in [0.3, 0.4) is 0 Å². The Labute approximate surface area is 89.6 Å². The fourth-order valence-corrected chi connectivity index (χ4v) is 1.65. The molecule has 82 valence electrons. The number of halogens is 1. The van der Waals surface area contributed by atoms with Crippen LogP contribution in [-0.4, -0.2) is 25.7 Å². The molecule has 0 fully saturated rings. The Morgan fingerprint density at radius 2 is 2.25 bits per heavy atom. The molecule has 0 saturated carbocycles. The molecule has 2 atom stereocenters. The summed E-state index contributed by atoms with van der Waals surface area (Å²) >= 11 is 0. The van der Waals surface area contributed by atoms with Crippen LogP contribution in [0, 0.1) is 0 Å². The molecule has 2 N–H and O–H groups in total. The van der Waals surface area contributed by atoms with Crippen LogP contribution in [0.1, 0.15) is 6.23 Å². The van der Waals surface area contributed by atoms with E-state index >= 15 is 0 Å². The molecule has 16 heavy (non-hydrogen) atoms. The molecule has 0 spiro atoms. The van der Waals surface area contributed by atoms with Gasteiger partial charge in [-0.1, -0.05) is 0 Å². The van der Waals surface area contributed by atoms with Crippen LogP contribution in [-0.2, 0) is 4.74 Å². The van der Waals surface area contributed by atoms with Gasteiger partial charge in [0.15, 0.2) is 17.6 Å². The number of imidazole rings is 1. The molecule has 3 rings (SSSR count). The van der Waals surface area contributed by atoms with Crippen LogP contribution >= 0.6 is 0 Å². The Morgan fingerprint density at radius 1 is 1.38 bits per heavy atom. The first kappa shape index (κ1) is 9.08. The van der Waals surface area contributed by atoms with E-state index in [2.05, 4.69) is 15.0 Å². The van der Waals surface area contributed by atoms with E-state index in [0.717, 1.165) is 0 Å². The summed E-state index contributed by atoms with van der Waals surface area (Å²) in [6.45, 7) is 0. The van der Waals surface area contributed by atoms with E-state index in [1.54, 1.807) is 0 Å². The third kappa shape index (κ3) is 1.14. The van der Waals surface area contributed by atoms with Gasteiger partial charge in [-0.15, -0.1) is 0 Å². The highest BCUT2D eigenvalue weighted by molar-refractivity contribution is 5.81. The fourth-order valence-electron chi connectivity index (χ4n) is 1.65. The van der Waals surface area contributed by atoms with E-state index < -0.39 is 12.4 Å². The average Bonchev–Trinajstić information content (AvgIpc) is 2.84. The lowest BCUT2D eigenvalue weighted by atomic mass is 10.3. The highest BCUT2D eigenvalue weighted by Gasteiger charge is 2.28. The molecule has 0 saturated heterocycles. The molecular weight excluding hydrogens is 213 g/mol. The summed E-state index contributed by atoms with van der Waals surface area (Å²) in [4.78, 5) is 11.9. The predicted molar refractivity (Wildman–Crippen MR) is 53.9 cm³/mol. The van der Waals surface area contributed by atoms with E-state index in [4.69, 9.17) is 10.5 Å². The molecule has 3 heterocycles. The molecule has 1 aliphatic heterocycles. The van der Waals surface area contributed by atoms with Gasteiger partial charge in [-0.2, -0.15) is 0 Å². The number of hydrogen-bond donors (Lipinski definition) is 1. The van der Waals surface area contributed by atoms with Gasteiger partial charge in [0.1, 0.15) is 18.2 Å². The Bertz CT molecular complexity index is 566. The summed E-state index contributed by atoms with van der Waals surface area (Å²) in [6, 6.07) is 0. The van der Waals surface area contributed by atoms with Gasteiger partial charge in [0.05, 0.1) is 6.26 Å². The molecule has 0 aliphatic carbocycles. The summed E-state index contributed by atoms with van der Waals surface area (Å²) in [5.74, 6) is 0.269. The monoisotopic (exact) mass is 221 g/mol. The molecule has 2 aromatic heterocycles. The molecule has 1 aliphatic rings. The zero-order valence-corrected chi connectivity index (χ0v) is 8.12. The number of anilines is 1. The summed E-state index contributed by atoms with van der Waals surface area (Å²) in [5, 5.41) is 0. The first-order chi connectivity index (χ1) is 7.77. The number of alkyl halides is 1. The summed E-state index contributed by atoms with van der Waals surface area (Å²) in [7, 11) is 0. The van der Waals surface area contributed by atoms with Gasteiger partial charge in [0.25, 0.3) is 0 Å². The van der Waals surface area contributed by atoms with E-state index in [9.17, 15) is 4.39 Å². The Balaban J connectivity index is 2.15. The van der Waals surface area contributed by atoms with Crippen molar-refractivity contribution in [2.45, 2.75) is 12.4 Å². The maximum absolute atomic E-state index is 13.4. The van der Waals surface area contributed by atoms with Gasteiger partial charge < -0.3 is 10.5 Å². The molecule has 6 nitrogen and oxygen atoms in total. The summed E-state index contributed by atoms with van der Waals surface area (Å²) < 4.78 is 20.1. The quantitative estimate of drug-likeness (QED) is 0.770. The van der Waals surface area contributed by atoms with Crippen molar-refractivity contribution >= 4 is 17.0 Å². The second kappa shape index (κ2) is 3.16. The third-order valence-corrected chi connectivity index (χ3v) is 2.41. The SMILES string of the molecule is Nc1ncnc2c1ncn2[C@@H]1OC=CC1F. The van der Waals surface area contributed by atoms with Gasteiger partial charge >= 0.3 is 0 Å². The van der Waals surface area contributed by atoms with Gasteiger partial charge in [-0.3, -0.25) is 4.57 Å². The van der Waals surface area contributed by atoms with Crippen molar-refractivity contribution in [2.75, 3.05) is 5.73 Å². The van der Waals surface area contributed by atoms with Crippen molar-refractivity contribution in [2.24, 2.45) is 0 Å². The maximum atomic E-state index is 13.4. The minimum atomic E-state index is -1.21. The predicted octanol–water partition coefficient (Wildman–Crippen LogP) is 0.789. The highest BCUT2D eigenvalue weighted by Crippen LogP contribution is 2.27. The first-order valence-corrected chi connectivity index (χ1v) is 4.66. The Morgan fingerprint density at radius 3 is 3.00 bits per heavy atom. The Hall–Kier alpha value is -2.18. The first-order valence-electron chi connectivity index (χ1n) is 4.66. The zero-order chi connectivity index (χ0) is 11.1. The van der Waals surface area contributed by atoms with Crippen molar-refractivity contribution in [1.82, 2.24) is 19.5 Å². The second-order valence-corrected chi connectivity index (χ2v) is 3.38. The van der Waals surface area contributed by atoms with Crippen LogP contribution in [0.4, 0.5) is 10.2 Å². The topological polar surface area (TPSA) is 78.9 Å². The highest BCUT2D eigenvalue weighted by atomic mass is 19.1. The lowest BCUT2D eigenvalue weighted by Crippen LogP contribution is -2.16. The van der Waals surface area contributed by atoms with Crippen LogP contribution in [0.2, 0.25) is 0 Å². The lowest BCUT2D eigenvalue weighted by molar-refractivity contribution is 0.0541. The average molecular weight is 221 g/mol. The molecule has 0 aromatic carbocycles. The smallest absolute Gasteiger partial charge is 0.212 e. The number of nitrogen functional groups attached to an aromatic ring is 1. The van der Waals surface area contributed by atoms with Gasteiger partial charge in [-0.05, 0) is 6.08 Å². The van der Waals surface area contributed by atoms with Crippen molar-refractivity contribution in [1.29, 1.82) is 0 Å². The van der Waals surface area contributed by atoms with Gasteiger partial charge in [0, 0.05) is 0 Å². The fraction of sp³-hybridized carbons (Fsp3) is 0.222. The van der Waals surface area contributed by atoms with Crippen LogP contribution in [0.15, 0.2) is 25.0 Å². The maximum Gasteiger partial charge on any atom is 0.212 e. The number of fused-ring (bicyclic) bond motifs is 1. The van der Waals surface area contributed by atoms with Gasteiger partial charge in [-0.25, -0.2) is 19.3 Å². The van der Waals surface area contributed by atoms with Crippen LogP contribution < -0.4 is 5.73 Å². The molecular formula is C9H8FN5O. The second-order valence-electron chi connectivity index (χ2n) is 3.38. The van der Waals surface area contributed by atoms with Crippen molar-refractivity contribution in [3.05, 3.63) is 25.0 Å². The summed E-state index contributed by atoms with van der Waals surface area (Å²) in [6.07, 6.45) is 3.44. The minimum Gasteiger partial charge on any atom is -0.474 e. The van der Waals surface area contributed by atoms with Crippen LogP contribution in [0.25, 0.3) is 11.2 Å². The third-order valence-electron chi connectivity index (χ3n) is 2.41. The molecule has 2 aromatic rings. The number of aromatic nitrogens is 4. The molecule has 0 radical (unpaired) electrons. The van der Waals surface area contributed by atoms with Crippen molar-refractivity contribution in [3.63, 3.8) is 0 Å². The van der Waals surface area contributed by atoms with Crippen LogP contribution in [0.5, 0.6) is 0 Å². The van der Waals surface area contributed by atoms with E-state index in [1.165, 1.54) is 29.6 Å². The number of rotatable bonds is 1. The number of ether oxygens (including phenoxy) is 1. The molecule has 1 unspecified atom stereocenters. The van der Waals surface area contributed by atoms with Crippen molar-refractivity contribution in [3.8, 4) is 0 Å². The lowest BCUT2D eigenvalue weighted by Gasteiger charge is -2.14. The number of nitrogens with zero attached hydrogens (tertiary/aromatic N) is 4. The normalized spacial score (nSPS) is 23.8. The Kier molecular flexibility index (Phi) is 1.79. The largest absolute Gasteiger partial charge is 0.474 e. The van der Waals surface area contributed by atoms with E-state index in [-0.39, 0.29) is 5.82 Å². The number of hydrogen-bond acceptors (Lipinski definition) is 5. The van der Waals surface area contributed by atoms with Crippen molar-refractivity contribution < 1.29 is 9.13 Å². The zero-order valence-electron chi connectivity index (χ0n) is 8.12. The van der Waals surface area contributed by atoms with E-state index in [1.807, 2.05) is 0 Å². The standard InChI is InChI=1S/C9H8FN5O/c10-5-1-2-16-9(5)15-4-14-6-7(11)12-3-13-8(6)15/h1-5,9H,(H2,11,12,13)/t5?,9-/m1/s1. The molecule has 0 amide bonds. The van der Waals surface area contributed by atoms with Gasteiger partial charge in [0.2, 0.25) is 6.23 Å². The number of nitrogens with two attached hydrogens (primary N) is 1. The molecule has 7 heteroatoms. The minimum absolute atomic E-state index is 0.269.